The summed E-state index contributed by atoms with van der Waals surface area (Å²) < 4.78 is 12.2. The maximum Gasteiger partial charge on any atom is 0.252 e. The lowest BCUT2D eigenvalue weighted by molar-refractivity contribution is 0.0931. The highest BCUT2D eigenvalue weighted by atomic mass is 16.5. The van der Waals surface area contributed by atoms with E-state index in [2.05, 4.69) is 10.4 Å². The van der Waals surface area contributed by atoms with Gasteiger partial charge in [-0.15, -0.1) is 0 Å². The maximum atomic E-state index is 12.9. The first kappa shape index (κ1) is 16.5. The van der Waals surface area contributed by atoms with Gasteiger partial charge in [-0.2, -0.15) is 5.10 Å². The summed E-state index contributed by atoms with van der Waals surface area (Å²) in [5.41, 5.74) is 2.87. The van der Waals surface area contributed by atoms with E-state index in [0.29, 0.717) is 24.4 Å². The molecule has 1 aliphatic rings. The van der Waals surface area contributed by atoms with E-state index in [1.807, 2.05) is 37.4 Å². The minimum atomic E-state index is -0.129. The Morgan fingerprint density at radius 2 is 2.15 bits per heavy atom. The van der Waals surface area contributed by atoms with Crippen molar-refractivity contribution in [3.8, 4) is 17.0 Å². The third-order valence-electron chi connectivity index (χ3n) is 4.60. The topological polar surface area (TPSA) is 78.3 Å². The smallest absolute Gasteiger partial charge is 0.252 e. The van der Waals surface area contributed by atoms with Crippen LogP contribution in [-0.2, 0) is 11.8 Å². The Morgan fingerprint density at radius 3 is 2.85 bits per heavy atom. The number of aromatic nitrogens is 3. The second-order valence-electron chi connectivity index (χ2n) is 6.32. The van der Waals surface area contributed by atoms with Crippen molar-refractivity contribution in [3.05, 3.63) is 42.1 Å². The lowest BCUT2D eigenvalue weighted by Crippen LogP contribution is -2.35. The Hall–Kier alpha value is -2.93. The van der Waals surface area contributed by atoms with E-state index < -0.39 is 0 Å². The van der Waals surface area contributed by atoms with Gasteiger partial charge in [-0.3, -0.25) is 9.48 Å². The number of ether oxygens (including phenoxy) is 2. The molecule has 1 aliphatic heterocycles. The molecule has 0 saturated carbocycles. The van der Waals surface area contributed by atoms with Crippen molar-refractivity contribution in [2.75, 3.05) is 20.3 Å². The number of methoxy groups -OCH3 is 1. The summed E-state index contributed by atoms with van der Waals surface area (Å²) in [5.74, 6) is 0.644. The van der Waals surface area contributed by atoms with Crippen LogP contribution < -0.4 is 10.1 Å². The van der Waals surface area contributed by atoms with Gasteiger partial charge in [0.05, 0.1) is 42.6 Å². The van der Waals surface area contributed by atoms with Gasteiger partial charge in [0.15, 0.2) is 5.65 Å². The van der Waals surface area contributed by atoms with Crippen LogP contribution in [0.25, 0.3) is 22.3 Å². The predicted octanol–water partition coefficient (Wildman–Crippen LogP) is 2.16. The van der Waals surface area contributed by atoms with E-state index in [0.717, 1.165) is 28.8 Å². The molecule has 0 spiro atoms. The van der Waals surface area contributed by atoms with Crippen molar-refractivity contribution in [1.82, 2.24) is 20.1 Å². The quantitative estimate of drug-likeness (QED) is 0.778. The number of carbonyl (C=O) groups excluding carboxylic acids is 1. The van der Waals surface area contributed by atoms with Crippen LogP contribution >= 0.6 is 0 Å². The van der Waals surface area contributed by atoms with Gasteiger partial charge >= 0.3 is 0 Å². The van der Waals surface area contributed by atoms with Crippen molar-refractivity contribution in [2.45, 2.75) is 12.5 Å². The van der Waals surface area contributed by atoms with Gasteiger partial charge in [0.2, 0.25) is 0 Å². The summed E-state index contributed by atoms with van der Waals surface area (Å²) >= 11 is 0. The van der Waals surface area contributed by atoms with Crippen LogP contribution in [0.2, 0.25) is 0 Å². The summed E-state index contributed by atoms with van der Waals surface area (Å²) in [6.07, 6.45) is 2.51. The summed E-state index contributed by atoms with van der Waals surface area (Å²) in [5, 5.41) is 8.04. The van der Waals surface area contributed by atoms with Crippen LogP contribution in [0, 0.1) is 0 Å². The average Bonchev–Trinajstić information content (AvgIpc) is 3.31. The normalized spacial score (nSPS) is 16.8. The first-order valence-electron chi connectivity index (χ1n) is 8.51. The number of benzene rings is 1. The molecule has 7 heteroatoms. The number of amides is 1. The molecule has 134 valence electrons. The molecule has 1 N–H and O–H groups in total. The highest BCUT2D eigenvalue weighted by molar-refractivity contribution is 6.06. The molecule has 1 unspecified atom stereocenters. The minimum absolute atomic E-state index is 0.0480. The molecule has 1 saturated heterocycles. The molecule has 1 aromatic carbocycles. The van der Waals surface area contributed by atoms with E-state index in [1.165, 1.54) is 0 Å². The number of fused-ring (bicyclic) bond motifs is 1. The molecule has 1 atom stereocenters. The van der Waals surface area contributed by atoms with Crippen molar-refractivity contribution in [2.24, 2.45) is 7.05 Å². The van der Waals surface area contributed by atoms with Crippen LogP contribution in [0.1, 0.15) is 16.8 Å². The zero-order valence-electron chi connectivity index (χ0n) is 14.7. The zero-order chi connectivity index (χ0) is 18.1. The largest absolute Gasteiger partial charge is 0.497 e. The monoisotopic (exact) mass is 352 g/mol. The van der Waals surface area contributed by atoms with Gasteiger partial charge in [-0.1, -0.05) is 0 Å². The van der Waals surface area contributed by atoms with E-state index in [4.69, 9.17) is 14.5 Å². The van der Waals surface area contributed by atoms with Gasteiger partial charge in [-0.05, 0) is 36.8 Å². The van der Waals surface area contributed by atoms with Crippen LogP contribution in [0.4, 0.5) is 0 Å². The molecule has 7 nitrogen and oxygen atoms in total. The SMILES string of the molecule is COc1ccc(-c2cc(C(=O)NC3CCOC3)c3cnn(C)c3n2)cc1. The van der Waals surface area contributed by atoms with Crippen LogP contribution in [0.15, 0.2) is 36.5 Å². The molecule has 3 heterocycles. The number of pyridine rings is 1. The Labute approximate surface area is 150 Å². The number of nitrogens with zero attached hydrogens (tertiary/aromatic N) is 3. The molecule has 0 radical (unpaired) electrons. The standard InChI is InChI=1S/C19H20N4O3/c1-23-18-16(10-20-23)15(19(24)21-13-7-8-26-11-13)9-17(22-18)12-3-5-14(25-2)6-4-12/h3-6,9-10,13H,7-8,11H2,1-2H3,(H,21,24). The molecule has 0 bridgehead atoms. The highest BCUT2D eigenvalue weighted by Crippen LogP contribution is 2.26. The molecule has 1 fully saturated rings. The van der Waals surface area contributed by atoms with E-state index in [9.17, 15) is 4.79 Å². The van der Waals surface area contributed by atoms with Crippen molar-refractivity contribution >= 4 is 16.9 Å². The maximum absolute atomic E-state index is 12.9. The van der Waals surface area contributed by atoms with Crippen molar-refractivity contribution < 1.29 is 14.3 Å². The van der Waals surface area contributed by atoms with Crippen molar-refractivity contribution in [3.63, 3.8) is 0 Å². The van der Waals surface area contributed by atoms with Gasteiger partial charge in [0.1, 0.15) is 5.75 Å². The lowest BCUT2D eigenvalue weighted by atomic mass is 10.1. The lowest BCUT2D eigenvalue weighted by Gasteiger charge is -2.12. The zero-order valence-corrected chi connectivity index (χ0v) is 14.7. The van der Waals surface area contributed by atoms with Crippen LogP contribution in [-0.4, -0.2) is 47.0 Å². The number of hydrogen-bond donors (Lipinski definition) is 1. The molecule has 3 aromatic rings. The fourth-order valence-electron chi connectivity index (χ4n) is 3.12. The van der Waals surface area contributed by atoms with Crippen LogP contribution in [0.3, 0.4) is 0 Å². The second kappa shape index (κ2) is 6.76. The molecule has 4 rings (SSSR count). The van der Waals surface area contributed by atoms with E-state index in [-0.39, 0.29) is 11.9 Å². The molecule has 26 heavy (non-hydrogen) atoms. The van der Waals surface area contributed by atoms with Gasteiger partial charge in [0, 0.05) is 19.2 Å². The number of nitrogens with one attached hydrogen (secondary N) is 1. The molecule has 0 aliphatic carbocycles. The Morgan fingerprint density at radius 1 is 1.35 bits per heavy atom. The Balaban J connectivity index is 1.76. The van der Waals surface area contributed by atoms with E-state index >= 15 is 0 Å². The molecule has 1 amide bonds. The van der Waals surface area contributed by atoms with Gasteiger partial charge in [0.25, 0.3) is 5.91 Å². The number of hydrogen-bond acceptors (Lipinski definition) is 5. The highest BCUT2D eigenvalue weighted by Gasteiger charge is 2.22. The molecular weight excluding hydrogens is 332 g/mol. The van der Waals surface area contributed by atoms with Crippen LogP contribution in [0.5, 0.6) is 5.75 Å². The summed E-state index contributed by atoms with van der Waals surface area (Å²) in [6.45, 7) is 1.24. The summed E-state index contributed by atoms with van der Waals surface area (Å²) in [4.78, 5) is 17.5. The molecular formula is C19H20N4O3. The number of carbonyl (C=O) groups is 1. The number of aryl methyl sites for hydroxylation is 1. The minimum Gasteiger partial charge on any atom is -0.497 e. The van der Waals surface area contributed by atoms with Gasteiger partial charge < -0.3 is 14.8 Å². The first-order chi connectivity index (χ1) is 12.7. The first-order valence-corrected chi connectivity index (χ1v) is 8.51. The summed E-state index contributed by atoms with van der Waals surface area (Å²) in [7, 11) is 3.45. The van der Waals surface area contributed by atoms with Gasteiger partial charge in [-0.25, -0.2) is 4.98 Å². The second-order valence-corrected chi connectivity index (χ2v) is 6.32. The Bertz CT molecular complexity index is 943. The third-order valence-corrected chi connectivity index (χ3v) is 4.60. The fourth-order valence-corrected chi connectivity index (χ4v) is 3.12. The summed E-state index contributed by atoms with van der Waals surface area (Å²) in [6, 6.07) is 9.47. The fraction of sp³-hybridized carbons (Fsp3) is 0.316. The average molecular weight is 352 g/mol. The predicted molar refractivity (Wildman–Crippen MR) is 97.2 cm³/mol. The Kier molecular flexibility index (Phi) is 4.30. The number of rotatable bonds is 4. The third kappa shape index (κ3) is 3.01. The molecule has 2 aromatic heterocycles. The van der Waals surface area contributed by atoms with Crippen molar-refractivity contribution in [1.29, 1.82) is 0 Å². The van der Waals surface area contributed by atoms with E-state index in [1.54, 1.807) is 18.0 Å².